The van der Waals surface area contributed by atoms with Crippen molar-refractivity contribution >= 4 is 6.29 Å². The van der Waals surface area contributed by atoms with Crippen LogP contribution in [0.2, 0.25) is 0 Å². The molecule has 4 nitrogen and oxygen atoms in total. The van der Waals surface area contributed by atoms with Crippen molar-refractivity contribution in [2.75, 3.05) is 0 Å². The van der Waals surface area contributed by atoms with Crippen LogP contribution in [-0.4, -0.2) is 11.3 Å². The molecular formula is C18H18N2O2. The second-order valence-corrected chi connectivity index (χ2v) is 5.10. The smallest absolute Gasteiger partial charge is 0.140 e. The van der Waals surface area contributed by atoms with Gasteiger partial charge in [-0.1, -0.05) is 30.3 Å². The predicted octanol–water partition coefficient (Wildman–Crippen LogP) is 3.52. The molecule has 0 atom stereocenters. The molecule has 1 aliphatic rings. The van der Waals surface area contributed by atoms with Crippen LogP contribution in [0.25, 0.3) is 0 Å². The third-order valence-corrected chi connectivity index (χ3v) is 3.27. The van der Waals surface area contributed by atoms with Gasteiger partial charge in [0.05, 0.1) is 0 Å². The lowest BCUT2D eigenvalue weighted by atomic mass is 10.2. The van der Waals surface area contributed by atoms with E-state index in [1.54, 1.807) is 12.3 Å². The molecule has 0 N–H and O–H groups in total. The number of aldehydes is 1. The Kier molecular flexibility index (Phi) is 6.13. The SMILES string of the molecule is N#Cc1cnccc1OCc1ccccc1.O=CCC1CC1. The van der Waals surface area contributed by atoms with Gasteiger partial charge in [-0.15, -0.1) is 0 Å². The molecule has 2 aromatic rings. The monoisotopic (exact) mass is 294 g/mol. The lowest BCUT2D eigenvalue weighted by molar-refractivity contribution is -0.108. The molecule has 112 valence electrons. The van der Waals surface area contributed by atoms with Crippen molar-refractivity contribution in [1.82, 2.24) is 4.98 Å². The van der Waals surface area contributed by atoms with Gasteiger partial charge in [0.2, 0.25) is 0 Å². The average molecular weight is 294 g/mol. The first-order valence-electron chi connectivity index (χ1n) is 7.28. The maximum Gasteiger partial charge on any atom is 0.140 e. The molecule has 0 spiro atoms. The first kappa shape index (κ1) is 15.7. The quantitative estimate of drug-likeness (QED) is 0.791. The van der Waals surface area contributed by atoms with Gasteiger partial charge in [-0.25, -0.2) is 0 Å². The lowest BCUT2D eigenvalue weighted by Gasteiger charge is -2.06. The van der Waals surface area contributed by atoms with Crippen LogP contribution < -0.4 is 4.74 Å². The molecule has 0 saturated heterocycles. The van der Waals surface area contributed by atoms with Crippen molar-refractivity contribution in [3.63, 3.8) is 0 Å². The van der Waals surface area contributed by atoms with E-state index in [-0.39, 0.29) is 0 Å². The first-order valence-corrected chi connectivity index (χ1v) is 7.28. The molecule has 1 aliphatic carbocycles. The Hall–Kier alpha value is -2.67. The number of rotatable bonds is 5. The van der Waals surface area contributed by atoms with Gasteiger partial charge < -0.3 is 9.53 Å². The van der Waals surface area contributed by atoms with Crippen LogP contribution in [0.3, 0.4) is 0 Å². The summed E-state index contributed by atoms with van der Waals surface area (Å²) in [5.74, 6) is 1.35. The van der Waals surface area contributed by atoms with Crippen molar-refractivity contribution in [3.05, 3.63) is 59.9 Å². The van der Waals surface area contributed by atoms with Gasteiger partial charge in [-0.2, -0.15) is 5.26 Å². The van der Waals surface area contributed by atoms with Crippen molar-refractivity contribution in [2.24, 2.45) is 5.92 Å². The molecule has 1 aromatic carbocycles. The molecular weight excluding hydrogens is 276 g/mol. The van der Waals surface area contributed by atoms with Crippen molar-refractivity contribution in [1.29, 1.82) is 5.26 Å². The van der Waals surface area contributed by atoms with E-state index < -0.39 is 0 Å². The first-order chi connectivity index (χ1) is 10.8. The number of pyridine rings is 1. The van der Waals surface area contributed by atoms with Crippen LogP contribution in [0, 0.1) is 17.2 Å². The maximum absolute atomic E-state index is 9.66. The van der Waals surface area contributed by atoms with Gasteiger partial charge in [-0.3, -0.25) is 4.98 Å². The molecule has 1 aromatic heterocycles. The molecule has 0 unspecified atom stereocenters. The summed E-state index contributed by atoms with van der Waals surface area (Å²) >= 11 is 0. The number of ether oxygens (including phenoxy) is 1. The van der Waals surface area contributed by atoms with Gasteiger partial charge in [0.1, 0.15) is 30.3 Å². The van der Waals surface area contributed by atoms with E-state index in [1.807, 2.05) is 36.4 Å². The fraction of sp³-hybridized carbons (Fsp3) is 0.278. The number of hydrogen-bond donors (Lipinski definition) is 0. The second-order valence-electron chi connectivity index (χ2n) is 5.10. The van der Waals surface area contributed by atoms with E-state index in [1.165, 1.54) is 19.0 Å². The standard InChI is InChI=1S/C13H10N2O.C5H8O/c14-8-12-9-15-7-6-13(12)16-10-11-4-2-1-3-5-11;6-4-3-5-1-2-5/h1-7,9H,10H2;4-5H,1-3H2. The zero-order chi connectivity index (χ0) is 15.6. The van der Waals surface area contributed by atoms with E-state index in [2.05, 4.69) is 4.98 Å². The second kappa shape index (κ2) is 8.58. The predicted molar refractivity (Wildman–Crippen MR) is 83.1 cm³/mol. The number of nitriles is 1. The number of aromatic nitrogens is 1. The van der Waals surface area contributed by atoms with E-state index >= 15 is 0 Å². The summed E-state index contributed by atoms with van der Waals surface area (Å²) in [4.78, 5) is 13.5. The van der Waals surface area contributed by atoms with E-state index in [0.717, 1.165) is 24.2 Å². The van der Waals surface area contributed by atoms with E-state index in [0.29, 0.717) is 17.9 Å². The third-order valence-electron chi connectivity index (χ3n) is 3.27. The van der Waals surface area contributed by atoms with Gasteiger partial charge in [0, 0.05) is 18.8 Å². The Balaban J connectivity index is 0.000000246. The van der Waals surface area contributed by atoms with Crippen LogP contribution in [0.15, 0.2) is 48.8 Å². The highest BCUT2D eigenvalue weighted by molar-refractivity contribution is 5.50. The Morgan fingerprint density at radius 3 is 2.64 bits per heavy atom. The average Bonchev–Trinajstić information content (AvgIpc) is 3.39. The lowest BCUT2D eigenvalue weighted by Crippen LogP contribution is -1.97. The highest BCUT2D eigenvalue weighted by Gasteiger charge is 2.19. The Bertz CT molecular complexity index is 631. The molecule has 1 heterocycles. The minimum atomic E-state index is 0.457. The molecule has 22 heavy (non-hydrogen) atoms. The Morgan fingerprint density at radius 1 is 1.27 bits per heavy atom. The zero-order valence-corrected chi connectivity index (χ0v) is 12.3. The van der Waals surface area contributed by atoms with Crippen LogP contribution in [0.4, 0.5) is 0 Å². The van der Waals surface area contributed by atoms with Crippen molar-refractivity contribution in [3.8, 4) is 11.8 Å². The number of carbonyl (C=O) groups is 1. The summed E-state index contributed by atoms with van der Waals surface area (Å²) in [7, 11) is 0. The molecule has 0 amide bonds. The molecule has 1 saturated carbocycles. The Labute approximate surface area is 130 Å². The minimum Gasteiger partial charge on any atom is -0.487 e. The maximum atomic E-state index is 9.66. The minimum absolute atomic E-state index is 0.457. The van der Waals surface area contributed by atoms with Gasteiger partial charge in [-0.05, 0) is 30.4 Å². The van der Waals surface area contributed by atoms with Crippen molar-refractivity contribution < 1.29 is 9.53 Å². The highest BCUT2D eigenvalue weighted by atomic mass is 16.5. The number of benzene rings is 1. The number of carbonyl (C=O) groups excluding carboxylic acids is 1. The normalized spacial score (nSPS) is 12.5. The summed E-state index contributed by atoms with van der Waals surface area (Å²) in [5, 5.41) is 8.85. The molecule has 3 rings (SSSR count). The van der Waals surface area contributed by atoms with Crippen LogP contribution in [0.1, 0.15) is 30.4 Å². The van der Waals surface area contributed by atoms with Crippen LogP contribution in [0.5, 0.6) is 5.75 Å². The zero-order valence-electron chi connectivity index (χ0n) is 12.3. The van der Waals surface area contributed by atoms with Gasteiger partial charge in [0.25, 0.3) is 0 Å². The molecule has 4 heteroatoms. The number of hydrogen-bond acceptors (Lipinski definition) is 4. The molecule has 1 fully saturated rings. The molecule has 0 aliphatic heterocycles. The topological polar surface area (TPSA) is 63.0 Å². The summed E-state index contributed by atoms with van der Waals surface area (Å²) < 4.78 is 5.55. The largest absolute Gasteiger partial charge is 0.487 e. The number of nitrogens with zero attached hydrogens (tertiary/aromatic N) is 2. The van der Waals surface area contributed by atoms with E-state index in [9.17, 15) is 4.79 Å². The third kappa shape index (κ3) is 5.37. The molecule has 0 bridgehead atoms. The van der Waals surface area contributed by atoms with Gasteiger partial charge >= 0.3 is 0 Å². The molecule has 0 radical (unpaired) electrons. The van der Waals surface area contributed by atoms with E-state index in [4.69, 9.17) is 10.00 Å². The van der Waals surface area contributed by atoms with Crippen LogP contribution >= 0.6 is 0 Å². The summed E-state index contributed by atoms with van der Waals surface area (Å²) in [6.07, 6.45) is 7.51. The highest BCUT2D eigenvalue weighted by Crippen LogP contribution is 2.30. The summed E-state index contributed by atoms with van der Waals surface area (Å²) in [6, 6.07) is 13.6. The van der Waals surface area contributed by atoms with Gasteiger partial charge in [0.15, 0.2) is 0 Å². The fourth-order valence-electron chi connectivity index (χ4n) is 1.82. The fourth-order valence-corrected chi connectivity index (χ4v) is 1.82. The summed E-state index contributed by atoms with van der Waals surface area (Å²) in [6.45, 7) is 0.458. The summed E-state index contributed by atoms with van der Waals surface area (Å²) in [5.41, 5.74) is 1.53. The van der Waals surface area contributed by atoms with Crippen LogP contribution in [-0.2, 0) is 11.4 Å². The Morgan fingerprint density at radius 2 is 2.05 bits per heavy atom. The van der Waals surface area contributed by atoms with Crippen molar-refractivity contribution in [2.45, 2.75) is 25.9 Å².